The Hall–Kier alpha value is -0.790. The van der Waals surface area contributed by atoms with Gasteiger partial charge in [-0.3, -0.25) is 4.79 Å². The van der Waals surface area contributed by atoms with E-state index in [9.17, 15) is 9.59 Å². The van der Waals surface area contributed by atoms with Crippen LogP contribution in [0.15, 0.2) is 0 Å². The van der Waals surface area contributed by atoms with Gasteiger partial charge < -0.3 is 20.3 Å². The highest BCUT2D eigenvalue weighted by atomic mass is 32.1. The molecule has 6 nitrogen and oxygen atoms in total. The summed E-state index contributed by atoms with van der Waals surface area (Å²) >= 11 is 3.93. The Kier molecular flexibility index (Phi) is 8.01. The molecule has 4 rings (SSSR count). The highest BCUT2D eigenvalue weighted by Gasteiger charge is 2.48. The van der Waals surface area contributed by atoms with E-state index in [1.165, 1.54) is 38.5 Å². The van der Waals surface area contributed by atoms with Crippen LogP contribution < -0.4 is 5.73 Å². The summed E-state index contributed by atoms with van der Waals surface area (Å²) in [6, 6.07) is 0. The van der Waals surface area contributed by atoms with E-state index in [2.05, 4.69) is 12.6 Å². The highest BCUT2D eigenvalue weighted by Crippen LogP contribution is 2.54. The number of carboxylic acid groups (broad SMARTS) is 1. The molecule has 0 aromatic carbocycles. The zero-order valence-electron chi connectivity index (χ0n) is 16.7. The topological polar surface area (TPSA) is 98.8 Å². The van der Waals surface area contributed by atoms with Crippen LogP contribution >= 0.6 is 12.6 Å². The Balaban J connectivity index is 0.000000203. The molecule has 4 fully saturated rings. The molecule has 0 amide bonds. The number of hydrogen-bond donors (Lipinski definition) is 3. The smallest absolute Gasteiger partial charge is 0.347 e. The summed E-state index contributed by atoms with van der Waals surface area (Å²) in [5.41, 5.74) is 6.62. The molecule has 7 heteroatoms. The molecular weight excluding hydrogens is 366 g/mol. The predicted octanol–water partition coefficient (Wildman–Crippen LogP) is 2.89. The van der Waals surface area contributed by atoms with Gasteiger partial charge in [-0.05, 0) is 70.1 Å². The zero-order valence-corrected chi connectivity index (χ0v) is 17.6. The number of nitrogens with two attached hydrogens (primary N) is 1. The first kappa shape index (κ1) is 22.5. The number of aliphatic carboxylic acids is 1. The van der Waals surface area contributed by atoms with E-state index in [4.69, 9.17) is 20.3 Å². The van der Waals surface area contributed by atoms with Gasteiger partial charge in [0.05, 0.1) is 18.6 Å². The van der Waals surface area contributed by atoms with Gasteiger partial charge in [-0.1, -0.05) is 6.92 Å². The second-order valence-corrected chi connectivity index (χ2v) is 9.37. The van der Waals surface area contributed by atoms with Crippen molar-refractivity contribution >= 4 is 24.6 Å². The molecule has 0 spiro atoms. The van der Waals surface area contributed by atoms with Gasteiger partial charge in [0, 0.05) is 11.3 Å². The fraction of sp³-hybridized carbons (Fsp3) is 0.900. The molecule has 0 aromatic rings. The van der Waals surface area contributed by atoms with Crippen LogP contribution in [0.3, 0.4) is 0 Å². The van der Waals surface area contributed by atoms with Crippen molar-refractivity contribution in [1.82, 2.24) is 0 Å². The molecule has 4 saturated carbocycles. The lowest BCUT2D eigenvalue weighted by molar-refractivity contribution is -0.171. The van der Waals surface area contributed by atoms with Gasteiger partial charge in [-0.25, -0.2) is 4.79 Å². The van der Waals surface area contributed by atoms with Gasteiger partial charge in [0.25, 0.3) is 0 Å². The Bertz CT molecular complexity index is 489. The Labute approximate surface area is 168 Å². The maximum Gasteiger partial charge on any atom is 0.347 e. The van der Waals surface area contributed by atoms with Gasteiger partial charge >= 0.3 is 11.9 Å². The number of thiol groups is 1. The first-order chi connectivity index (χ1) is 12.6. The number of carbonyl (C=O) groups excluding carboxylic acids is 1. The Morgan fingerprint density at radius 1 is 1.11 bits per heavy atom. The third-order valence-electron chi connectivity index (χ3n) is 5.88. The average Bonchev–Trinajstić information content (AvgIpc) is 2.55. The molecule has 4 aliphatic carbocycles. The fourth-order valence-electron chi connectivity index (χ4n) is 4.94. The summed E-state index contributed by atoms with van der Waals surface area (Å²) in [6.07, 6.45) is 7.21. The van der Waals surface area contributed by atoms with E-state index in [0.29, 0.717) is 11.3 Å². The van der Waals surface area contributed by atoms with Crippen LogP contribution in [0.4, 0.5) is 0 Å². The summed E-state index contributed by atoms with van der Waals surface area (Å²) in [5, 5.41) is 8.81. The molecule has 4 bridgehead atoms. The third kappa shape index (κ3) is 6.64. The van der Waals surface area contributed by atoms with Crippen LogP contribution in [-0.2, 0) is 19.1 Å². The second kappa shape index (κ2) is 9.61. The van der Waals surface area contributed by atoms with Crippen molar-refractivity contribution in [3.8, 4) is 0 Å². The minimum atomic E-state index is -1.25. The third-order valence-corrected chi connectivity index (χ3v) is 6.42. The molecule has 156 valence electrons. The number of hydrogen-bond acceptors (Lipinski definition) is 6. The molecule has 27 heavy (non-hydrogen) atoms. The first-order valence-electron chi connectivity index (χ1n) is 10.1. The molecule has 0 aromatic heterocycles. The van der Waals surface area contributed by atoms with Gasteiger partial charge in [0.2, 0.25) is 6.10 Å². The number of carboxylic acids is 1. The summed E-state index contributed by atoms with van der Waals surface area (Å²) in [7, 11) is 0. The molecular formula is C20H35NO5S. The van der Waals surface area contributed by atoms with E-state index in [1.54, 1.807) is 20.8 Å². The average molecular weight is 402 g/mol. The summed E-state index contributed by atoms with van der Waals surface area (Å²) in [6.45, 7) is 5.03. The van der Waals surface area contributed by atoms with Crippen molar-refractivity contribution in [2.75, 3.05) is 12.4 Å². The lowest BCUT2D eigenvalue weighted by atomic mass is 9.53. The maximum absolute atomic E-state index is 11.3. The number of ether oxygens (including phenoxy) is 2. The van der Waals surface area contributed by atoms with Gasteiger partial charge in [-0.15, -0.1) is 0 Å². The summed E-state index contributed by atoms with van der Waals surface area (Å²) in [4.78, 5) is 22.1. The second-order valence-electron chi connectivity index (χ2n) is 9.01. The minimum Gasteiger partial charge on any atom is -0.478 e. The van der Waals surface area contributed by atoms with E-state index >= 15 is 0 Å². The normalized spacial score (nSPS) is 33.2. The lowest BCUT2D eigenvalue weighted by Crippen LogP contribution is -2.55. The Morgan fingerprint density at radius 2 is 1.59 bits per heavy atom. The lowest BCUT2D eigenvalue weighted by Gasteiger charge is -2.55. The molecule has 3 N–H and O–H groups in total. The maximum atomic E-state index is 11.3. The van der Waals surface area contributed by atoms with Gasteiger partial charge in [0.15, 0.2) is 0 Å². The van der Waals surface area contributed by atoms with Gasteiger partial charge in [0.1, 0.15) is 0 Å². The molecule has 1 unspecified atom stereocenters. The van der Waals surface area contributed by atoms with Crippen molar-refractivity contribution in [2.45, 2.75) is 77.0 Å². The van der Waals surface area contributed by atoms with Crippen molar-refractivity contribution in [2.24, 2.45) is 29.4 Å². The van der Waals surface area contributed by atoms with Crippen molar-refractivity contribution in [3.05, 3.63) is 0 Å². The SMILES string of the molecule is CC(C)OC[C@H](OC(=O)C(C)CS)C(=O)O.NC12CC3CC(CC(C3)C1)C2. The highest BCUT2D eigenvalue weighted by molar-refractivity contribution is 7.80. The van der Waals surface area contributed by atoms with Crippen molar-refractivity contribution in [1.29, 1.82) is 0 Å². The largest absolute Gasteiger partial charge is 0.478 e. The molecule has 0 heterocycles. The van der Waals surface area contributed by atoms with Crippen molar-refractivity contribution < 1.29 is 24.2 Å². The molecule has 4 aliphatic rings. The van der Waals surface area contributed by atoms with Crippen LogP contribution in [0.1, 0.15) is 59.3 Å². The van der Waals surface area contributed by atoms with Crippen molar-refractivity contribution in [3.63, 3.8) is 0 Å². The predicted molar refractivity (Wildman–Crippen MR) is 107 cm³/mol. The quantitative estimate of drug-likeness (QED) is 0.448. The van der Waals surface area contributed by atoms with Crippen LogP contribution in [0.5, 0.6) is 0 Å². The Morgan fingerprint density at radius 3 is 1.93 bits per heavy atom. The summed E-state index contributed by atoms with van der Waals surface area (Å²) in [5.74, 6) is 1.17. The standard InChI is InChI=1S/C10H17N.C10H18O5S/c11-10-4-7-1-8(5-10)3-9(2-7)6-10;1-6(2)14-4-8(9(11)12)15-10(13)7(3)5-16/h7-9H,1-6,11H2;6-8,16H,4-5H2,1-3H3,(H,11,12)/t;7?,8-/m.0/s1. The zero-order chi connectivity index (χ0) is 20.2. The molecule has 0 aliphatic heterocycles. The van der Waals surface area contributed by atoms with E-state index in [-0.39, 0.29) is 12.7 Å². The molecule has 0 radical (unpaired) electrons. The monoisotopic (exact) mass is 401 g/mol. The summed E-state index contributed by atoms with van der Waals surface area (Å²) < 4.78 is 9.91. The molecule has 0 saturated heterocycles. The number of rotatable bonds is 7. The fourth-order valence-corrected chi connectivity index (χ4v) is 5.09. The number of carbonyl (C=O) groups is 2. The van der Waals surface area contributed by atoms with Crippen LogP contribution in [-0.4, -0.2) is 47.2 Å². The van der Waals surface area contributed by atoms with Crippen LogP contribution in [0, 0.1) is 23.7 Å². The van der Waals surface area contributed by atoms with E-state index < -0.39 is 24.0 Å². The molecule has 2 atom stereocenters. The van der Waals surface area contributed by atoms with E-state index in [1.807, 2.05) is 0 Å². The first-order valence-corrected chi connectivity index (χ1v) is 10.7. The van der Waals surface area contributed by atoms with Crippen LogP contribution in [0.2, 0.25) is 0 Å². The van der Waals surface area contributed by atoms with E-state index in [0.717, 1.165) is 17.8 Å². The van der Waals surface area contributed by atoms with Crippen LogP contribution in [0.25, 0.3) is 0 Å². The number of esters is 1. The van der Waals surface area contributed by atoms with Gasteiger partial charge in [-0.2, -0.15) is 12.6 Å². The minimum absolute atomic E-state index is 0.108.